The van der Waals surface area contributed by atoms with Crippen LogP contribution in [-0.2, 0) is 6.42 Å². The minimum Gasteiger partial charge on any atom is -0.493 e. The summed E-state index contributed by atoms with van der Waals surface area (Å²) in [6, 6.07) is 23.7. The second kappa shape index (κ2) is 21.5. The van der Waals surface area contributed by atoms with Gasteiger partial charge in [0.15, 0.2) is 11.6 Å². The van der Waals surface area contributed by atoms with Gasteiger partial charge in [-0.2, -0.15) is 0 Å². The molecule has 3 aromatic rings. The summed E-state index contributed by atoms with van der Waals surface area (Å²) in [5.74, 6) is 0.209. The standard InChI is InChI=1S/C41H56O3/c1-3-5-7-9-11-12-13-14-15-17-21-34-24-26-35(27-25-34)36-28-30-37(31-29-36)39(42)33-40(43)38-22-18-19-23-41(38)44-32-20-16-10-8-6-4-2/h18-19,22-31H,3-17,20-21,32-33H2,1-2H3. The molecule has 0 aliphatic rings. The van der Waals surface area contributed by atoms with Crippen LogP contribution in [0.3, 0.4) is 0 Å². The van der Waals surface area contributed by atoms with Crippen LogP contribution in [0.25, 0.3) is 11.1 Å². The van der Waals surface area contributed by atoms with E-state index in [1.807, 2.05) is 42.5 Å². The van der Waals surface area contributed by atoms with Gasteiger partial charge in [0.1, 0.15) is 5.75 Å². The van der Waals surface area contributed by atoms with Gasteiger partial charge in [-0.15, -0.1) is 0 Å². The lowest BCUT2D eigenvalue weighted by Crippen LogP contribution is -2.11. The third-order valence-corrected chi connectivity index (χ3v) is 8.58. The number of carbonyl (C=O) groups is 2. The van der Waals surface area contributed by atoms with E-state index < -0.39 is 0 Å². The SMILES string of the molecule is CCCCCCCCCCCCc1ccc(-c2ccc(C(=O)CC(=O)c3ccccc3OCCCCCCCC)cc2)cc1. The molecule has 3 nitrogen and oxygen atoms in total. The molecule has 0 N–H and O–H groups in total. The fourth-order valence-electron chi connectivity index (χ4n) is 5.76. The first kappa shape index (κ1) is 35.3. The molecule has 0 aliphatic heterocycles. The number of Topliss-reactive ketones (excluding diaryl/α,β-unsaturated/α-hetero) is 2. The highest BCUT2D eigenvalue weighted by molar-refractivity contribution is 6.14. The van der Waals surface area contributed by atoms with E-state index in [1.54, 1.807) is 6.07 Å². The molecule has 0 spiro atoms. The number of hydrogen-bond acceptors (Lipinski definition) is 3. The van der Waals surface area contributed by atoms with Crippen molar-refractivity contribution in [3.05, 3.63) is 89.5 Å². The van der Waals surface area contributed by atoms with E-state index in [2.05, 4.69) is 38.1 Å². The molecule has 0 saturated carbocycles. The second-order valence-corrected chi connectivity index (χ2v) is 12.3. The van der Waals surface area contributed by atoms with Gasteiger partial charge < -0.3 is 4.74 Å². The van der Waals surface area contributed by atoms with Crippen LogP contribution < -0.4 is 4.74 Å². The third-order valence-electron chi connectivity index (χ3n) is 8.58. The maximum absolute atomic E-state index is 13.1. The average Bonchev–Trinajstić information content (AvgIpc) is 3.05. The Bertz CT molecular complexity index is 1210. The highest BCUT2D eigenvalue weighted by atomic mass is 16.5. The number of para-hydroxylation sites is 1. The molecule has 0 bridgehead atoms. The van der Waals surface area contributed by atoms with Crippen molar-refractivity contribution in [3.63, 3.8) is 0 Å². The average molecular weight is 597 g/mol. The maximum Gasteiger partial charge on any atom is 0.174 e. The van der Waals surface area contributed by atoms with Crippen molar-refractivity contribution in [1.82, 2.24) is 0 Å². The van der Waals surface area contributed by atoms with Crippen LogP contribution in [0, 0.1) is 0 Å². The molecule has 0 radical (unpaired) electrons. The summed E-state index contributed by atoms with van der Waals surface area (Å²) in [7, 11) is 0. The Labute approximate surface area is 267 Å². The summed E-state index contributed by atoms with van der Waals surface area (Å²) in [6.45, 7) is 5.08. The third kappa shape index (κ3) is 13.2. The van der Waals surface area contributed by atoms with Crippen molar-refractivity contribution >= 4 is 11.6 Å². The molecule has 44 heavy (non-hydrogen) atoms. The van der Waals surface area contributed by atoms with Gasteiger partial charge in [-0.1, -0.05) is 164 Å². The molecular weight excluding hydrogens is 540 g/mol. The van der Waals surface area contributed by atoms with Crippen molar-refractivity contribution in [3.8, 4) is 16.9 Å². The van der Waals surface area contributed by atoms with Gasteiger partial charge >= 0.3 is 0 Å². The first-order valence-corrected chi connectivity index (χ1v) is 17.6. The topological polar surface area (TPSA) is 43.4 Å². The molecule has 3 rings (SSSR count). The van der Waals surface area contributed by atoms with Crippen molar-refractivity contribution in [2.45, 2.75) is 129 Å². The van der Waals surface area contributed by atoms with Crippen LogP contribution in [0.2, 0.25) is 0 Å². The van der Waals surface area contributed by atoms with Crippen LogP contribution in [-0.4, -0.2) is 18.2 Å². The largest absolute Gasteiger partial charge is 0.493 e. The molecule has 0 unspecified atom stereocenters. The molecule has 0 amide bonds. The number of unbranched alkanes of at least 4 members (excludes halogenated alkanes) is 14. The molecule has 0 aromatic heterocycles. The zero-order valence-electron chi connectivity index (χ0n) is 27.6. The zero-order chi connectivity index (χ0) is 31.2. The van der Waals surface area contributed by atoms with E-state index in [0.717, 1.165) is 30.4 Å². The Morgan fingerprint density at radius 3 is 1.61 bits per heavy atom. The molecule has 238 valence electrons. The van der Waals surface area contributed by atoms with Crippen LogP contribution in [0.1, 0.15) is 149 Å². The second-order valence-electron chi connectivity index (χ2n) is 12.3. The lowest BCUT2D eigenvalue weighted by molar-refractivity contribution is 0.0892. The van der Waals surface area contributed by atoms with Crippen LogP contribution in [0.5, 0.6) is 5.75 Å². The first-order valence-electron chi connectivity index (χ1n) is 17.6. The highest BCUT2D eigenvalue weighted by Gasteiger charge is 2.17. The fraction of sp³-hybridized carbons (Fsp3) is 0.512. The van der Waals surface area contributed by atoms with E-state index in [9.17, 15) is 9.59 Å². The molecule has 0 saturated heterocycles. The Kier molecular flexibility index (Phi) is 17.2. The van der Waals surface area contributed by atoms with Gasteiger partial charge in [0.05, 0.1) is 18.6 Å². The Balaban J connectivity index is 1.41. The van der Waals surface area contributed by atoms with Crippen LogP contribution >= 0.6 is 0 Å². The first-order chi connectivity index (χ1) is 21.6. The van der Waals surface area contributed by atoms with E-state index in [0.29, 0.717) is 23.5 Å². The predicted molar refractivity (Wildman–Crippen MR) is 186 cm³/mol. The number of ether oxygens (including phenoxy) is 1. The van der Waals surface area contributed by atoms with Gasteiger partial charge in [0.2, 0.25) is 0 Å². The monoisotopic (exact) mass is 596 g/mol. The molecule has 3 aromatic carbocycles. The predicted octanol–water partition coefficient (Wildman–Crippen LogP) is 12.0. The smallest absolute Gasteiger partial charge is 0.174 e. The molecule has 3 heteroatoms. The van der Waals surface area contributed by atoms with Crippen LogP contribution in [0.4, 0.5) is 0 Å². The molecular formula is C41H56O3. The number of benzene rings is 3. The molecule has 0 aliphatic carbocycles. The number of hydrogen-bond donors (Lipinski definition) is 0. The lowest BCUT2D eigenvalue weighted by atomic mass is 9.97. The normalized spacial score (nSPS) is 11.0. The maximum atomic E-state index is 13.1. The number of rotatable bonds is 24. The summed E-state index contributed by atoms with van der Waals surface area (Å²) >= 11 is 0. The van der Waals surface area contributed by atoms with E-state index >= 15 is 0 Å². The Morgan fingerprint density at radius 1 is 0.523 bits per heavy atom. The summed E-state index contributed by atoms with van der Waals surface area (Å²) < 4.78 is 5.95. The van der Waals surface area contributed by atoms with Crippen molar-refractivity contribution in [2.75, 3.05) is 6.61 Å². The number of ketones is 2. The lowest BCUT2D eigenvalue weighted by Gasteiger charge is -2.11. The molecule has 0 heterocycles. The van der Waals surface area contributed by atoms with Crippen molar-refractivity contribution in [1.29, 1.82) is 0 Å². The zero-order valence-corrected chi connectivity index (χ0v) is 27.6. The summed E-state index contributed by atoms with van der Waals surface area (Å²) in [5.41, 5.74) is 4.65. The van der Waals surface area contributed by atoms with Gasteiger partial charge in [-0.3, -0.25) is 9.59 Å². The number of carbonyl (C=O) groups excluding carboxylic acids is 2. The minimum atomic E-state index is -0.198. The minimum absolute atomic E-state index is 0.162. The van der Waals surface area contributed by atoms with Gasteiger partial charge in [-0.25, -0.2) is 0 Å². The molecule has 0 fully saturated rings. The van der Waals surface area contributed by atoms with E-state index in [4.69, 9.17) is 4.74 Å². The quantitative estimate of drug-likeness (QED) is 0.0587. The fourth-order valence-corrected chi connectivity index (χ4v) is 5.76. The molecule has 0 atom stereocenters. The van der Waals surface area contributed by atoms with Gasteiger partial charge in [-0.05, 0) is 48.1 Å². The van der Waals surface area contributed by atoms with Crippen LogP contribution in [0.15, 0.2) is 72.8 Å². The highest BCUT2D eigenvalue weighted by Crippen LogP contribution is 2.24. The van der Waals surface area contributed by atoms with Crippen molar-refractivity contribution < 1.29 is 14.3 Å². The van der Waals surface area contributed by atoms with Gasteiger partial charge in [0.25, 0.3) is 0 Å². The van der Waals surface area contributed by atoms with Gasteiger partial charge in [0, 0.05) is 5.56 Å². The summed E-state index contributed by atoms with van der Waals surface area (Å²) in [4.78, 5) is 26.1. The summed E-state index contributed by atoms with van der Waals surface area (Å²) in [6.07, 6.45) is 21.7. The Hall–Kier alpha value is -3.20. The van der Waals surface area contributed by atoms with Crippen molar-refractivity contribution in [2.24, 2.45) is 0 Å². The summed E-state index contributed by atoms with van der Waals surface area (Å²) in [5, 5.41) is 0. The van der Waals surface area contributed by atoms with E-state index in [-0.39, 0.29) is 18.0 Å². The Morgan fingerprint density at radius 2 is 1.02 bits per heavy atom. The number of aryl methyl sites for hydroxylation is 1. The van der Waals surface area contributed by atoms with E-state index in [1.165, 1.54) is 95.5 Å².